The van der Waals surface area contributed by atoms with Crippen molar-refractivity contribution in [2.24, 2.45) is 21.8 Å². The first kappa shape index (κ1) is 20.7. The van der Waals surface area contributed by atoms with Gasteiger partial charge in [-0.2, -0.15) is 4.48 Å². The molecule has 0 bridgehead atoms. The molecule has 1 aliphatic carbocycles. The normalized spacial score (nSPS) is 26.4. The number of hydrogen-bond donors (Lipinski definition) is 2. The number of allylic oxidation sites excluding steroid dienone is 2. The third kappa shape index (κ3) is 3.76. The van der Waals surface area contributed by atoms with Crippen LogP contribution >= 0.6 is 0 Å². The molecule has 2 aliphatic heterocycles. The minimum atomic E-state index is 0.281. The second-order valence-electron chi connectivity index (χ2n) is 8.77. The van der Waals surface area contributed by atoms with E-state index in [9.17, 15) is 5.11 Å². The Hall–Kier alpha value is -3.22. The van der Waals surface area contributed by atoms with Gasteiger partial charge >= 0.3 is 0 Å². The molecule has 5 rings (SSSR count). The highest BCUT2D eigenvalue weighted by Crippen LogP contribution is 2.43. The van der Waals surface area contributed by atoms with Crippen LogP contribution < -0.4 is 15.0 Å². The zero-order chi connectivity index (χ0) is 22.0. The van der Waals surface area contributed by atoms with E-state index in [1.165, 1.54) is 0 Å². The van der Waals surface area contributed by atoms with Crippen LogP contribution in [-0.2, 0) is 6.61 Å². The summed E-state index contributed by atoms with van der Waals surface area (Å²) in [5.41, 5.74) is 11.2. The van der Waals surface area contributed by atoms with E-state index in [0.717, 1.165) is 48.3 Å². The molecule has 0 aromatic heterocycles. The van der Waals surface area contributed by atoms with Gasteiger partial charge in [0, 0.05) is 24.7 Å². The van der Waals surface area contributed by atoms with E-state index in [2.05, 4.69) is 11.2 Å². The van der Waals surface area contributed by atoms with E-state index >= 15 is 0 Å². The van der Waals surface area contributed by atoms with Crippen molar-refractivity contribution in [3.05, 3.63) is 77.9 Å². The second kappa shape index (κ2) is 8.73. The molecule has 0 spiro atoms. The number of aliphatic hydroxyl groups is 1. The molecule has 1 unspecified atom stereocenters. The van der Waals surface area contributed by atoms with E-state index in [4.69, 9.17) is 15.5 Å². The standard InChI is InChI=1S/C26H29N4O2/c27-23-11-10-22(14-25(23)32-17-20-4-2-1-3-5-20)30-13-12-28-15-24(30)26(29-18-30)21-8-6-19(16-31)7-9-21/h1-5,10-15,18-19,21,31H,6-9,16-17,27H2/q+1. The van der Waals surface area contributed by atoms with Gasteiger partial charge < -0.3 is 15.6 Å². The van der Waals surface area contributed by atoms with Crippen LogP contribution in [0.3, 0.4) is 0 Å². The maximum atomic E-state index is 9.49. The highest BCUT2D eigenvalue weighted by atomic mass is 16.5. The van der Waals surface area contributed by atoms with Crippen molar-refractivity contribution in [2.75, 3.05) is 12.3 Å². The molecule has 3 aliphatic rings. The number of rotatable bonds is 6. The molecule has 2 aromatic carbocycles. The van der Waals surface area contributed by atoms with Gasteiger partial charge in [-0.25, -0.2) is 4.99 Å². The van der Waals surface area contributed by atoms with Crippen LogP contribution in [0.25, 0.3) is 0 Å². The first-order valence-corrected chi connectivity index (χ1v) is 11.3. The van der Waals surface area contributed by atoms with Crippen molar-refractivity contribution in [1.82, 2.24) is 4.48 Å². The third-order valence-electron chi connectivity index (χ3n) is 6.78. The Morgan fingerprint density at radius 1 is 1.06 bits per heavy atom. The molecule has 2 heterocycles. The van der Waals surface area contributed by atoms with Crippen LogP contribution in [0.5, 0.6) is 5.75 Å². The van der Waals surface area contributed by atoms with Crippen molar-refractivity contribution in [1.29, 1.82) is 0 Å². The van der Waals surface area contributed by atoms with Crippen molar-refractivity contribution in [3.8, 4) is 5.75 Å². The Kier molecular flexibility index (Phi) is 5.64. The van der Waals surface area contributed by atoms with E-state index in [1.54, 1.807) is 0 Å². The Bertz CT molecular complexity index is 1100. The number of ether oxygens (including phenoxy) is 1. The van der Waals surface area contributed by atoms with Crippen LogP contribution in [-0.4, -0.2) is 24.3 Å². The maximum absolute atomic E-state index is 9.49. The Morgan fingerprint density at radius 2 is 1.88 bits per heavy atom. The van der Waals surface area contributed by atoms with Crippen LogP contribution in [0, 0.1) is 11.8 Å². The number of nitrogen functional groups attached to an aromatic ring is 1. The zero-order valence-electron chi connectivity index (χ0n) is 18.1. The van der Waals surface area contributed by atoms with Crippen LogP contribution in [0.1, 0.15) is 31.2 Å². The molecule has 0 saturated heterocycles. The van der Waals surface area contributed by atoms with Gasteiger partial charge in [0.1, 0.15) is 24.3 Å². The average molecular weight is 430 g/mol. The van der Waals surface area contributed by atoms with Gasteiger partial charge in [0.05, 0.1) is 18.1 Å². The van der Waals surface area contributed by atoms with E-state index in [-0.39, 0.29) is 6.61 Å². The highest BCUT2D eigenvalue weighted by molar-refractivity contribution is 5.98. The minimum Gasteiger partial charge on any atom is -0.487 e. The number of aliphatic imine (C=N–C) groups is 2. The molecule has 1 saturated carbocycles. The summed E-state index contributed by atoms with van der Waals surface area (Å²) in [5.74, 6) is 1.48. The average Bonchev–Trinajstić information content (AvgIpc) is 3.25. The van der Waals surface area contributed by atoms with Gasteiger partial charge in [0.25, 0.3) is 0 Å². The van der Waals surface area contributed by atoms with Gasteiger partial charge in [0.2, 0.25) is 6.34 Å². The molecule has 2 aromatic rings. The molecule has 6 heteroatoms. The Morgan fingerprint density at radius 3 is 2.66 bits per heavy atom. The SMILES string of the molecule is Nc1ccc([N+]23C=CN=CC2=C(C2CCC(CO)CC2)N=C3)cc1OCc1ccccc1. The number of quaternary nitrogens is 1. The van der Waals surface area contributed by atoms with Gasteiger partial charge in [0.15, 0.2) is 11.4 Å². The lowest BCUT2D eigenvalue weighted by molar-refractivity contribution is 0.175. The van der Waals surface area contributed by atoms with Gasteiger partial charge in [-0.15, -0.1) is 0 Å². The lowest BCUT2D eigenvalue weighted by Crippen LogP contribution is -2.41. The van der Waals surface area contributed by atoms with Crippen molar-refractivity contribution in [3.63, 3.8) is 0 Å². The molecule has 1 atom stereocenters. The lowest BCUT2D eigenvalue weighted by atomic mass is 9.80. The summed E-state index contributed by atoms with van der Waals surface area (Å²) in [6.07, 6.45) is 12.0. The summed E-state index contributed by atoms with van der Waals surface area (Å²) in [4.78, 5) is 9.33. The lowest BCUT2D eigenvalue weighted by Gasteiger charge is -2.30. The molecule has 0 radical (unpaired) electrons. The van der Waals surface area contributed by atoms with Gasteiger partial charge in [-0.05, 0) is 43.2 Å². The third-order valence-corrected chi connectivity index (χ3v) is 6.78. The second-order valence-corrected chi connectivity index (χ2v) is 8.77. The number of aliphatic hydroxyl groups excluding tert-OH is 1. The highest BCUT2D eigenvalue weighted by Gasteiger charge is 2.43. The van der Waals surface area contributed by atoms with Crippen LogP contribution in [0.4, 0.5) is 11.4 Å². The number of benzene rings is 2. The molecule has 6 nitrogen and oxygen atoms in total. The fourth-order valence-corrected chi connectivity index (χ4v) is 4.85. The summed E-state index contributed by atoms with van der Waals surface area (Å²) in [7, 11) is 0. The largest absolute Gasteiger partial charge is 0.487 e. The molecular weight excluding hydrogens is 400 g/mol. The number of hydrogen-bond acceptors (Lipinski definition) is 5. The molecular formula is C26H29N4O2+. The molecule has 164 valence electrons. The van der Waals surface area contributed by atoms with Crippen molar-refractivity contribution < 1.29 is 9.84 Å². The van der Waals surface area contributed by atoms with E-state index in [1.807, 2.05) is 67.3 Å². The first-order valence-electron chi connectivity index (χ1n) is 11.3. The smallest absolute Gasteiger partial charge is 0.205 e. The Labute approximate surface area is 188 Å². The summed E-state index contributed by atoms with van der Waals surface area (Å²) in [6, 6.07) is 16.0. The monoisotopic (exact) mass is 429 g/mol. The van der Waals surface area contributed by atoms with Crippen LogP contribution in [0.15, 0.2) is 82.3 Å². The summed E-state index contributed by atoms with van der Waals surface area (Å²) < 4.78 is 6.48. The van der Waals surface area contributed by atoms with E-state index in [0.29, 0.717) is 34.4 Å². The number of fused-ring (bicyclic) bond motifs is 1. The number of nitrogens with zero attached hydrogens (tertiary/aromatic N) is 3. The topological polar surface area (TPSA) is 80.2 Å². The van der Waals surface area contributed by atoms with Gasteiger partial charge in [-0.1, -0.05) is 30.3 Å². The molecule has 0 amide bonds. The number of anilines is 1. The summed E-state index contributed by atoms with van der Waals surface area (Å²) in [5, 5.41) is 9.49. The fraction of sp³-hybridized carbons (Fsp3) is 0.308. The molecule has 32 heavy (non-hydrogen) atoms. The Balaban J connectivity index is 1.44. The van der Waals surface area contributed by atoms with Crippen molar-refractivity contribution >= 4 is 23.9 Å². The predicted octanol–water partition coefficient (Wildman–Crippen LogP) is 4.76. The zero-order valence-corrected chi connectivity index (χ0v) is 18.1. The minimum absolute atomic E-state index is 0.281. The quantitative estimate of drug-likeness (QED) is 0.513. The number of nitrogens with two attached hydrogens (primary N) is 1. The summed E-state index contributed by atoms with van der Waals surface area (Å²) >= 11 is 0. The van der Waals surface area contributed by atoms with Gasteiger partial charge in [-0.3, -0.25) is 4.99 Å². The molecule has 3 N–H and O–H groups in total. The predicted molar refractivity (Wildman–Crippen MR) is 129 cm³/mol. The van der Waals surface area contributed by atoms with E-state index < -0.39 is 0 Å². The fourth-order valence-electron chi connectivity index (χ4n) is 4.85. The first-order chi connectivity index (χ1) is 15.7. The summed E-state index contributed by atoms with van der Waals surface area (Å²) in [6.45, 7) is 0.741. The molecule has 1 fully saturated rings. The van der Waals surface area contributed by atoms with Crippen molar-refractivity contribution in [2.45, 2.75) is 32.3 Å². The maximum Gasteiger partial charge on any atom is 0.205 e. The van der Waals surface area contributed by atoms with Crippen LogP contribution in [0.2, 0.25) is 0 Å².